The van der Waals surface area contributed by atoms with E-state index in [2.05, 4.69) is 41.5 Å². The van der Waals surface area contributed by atoms with Crippen molar-refractivity contribution < 1.29 is 14.0 Å². The molecule has 166 valence electrons. The van der Waals surface area contributed by atoms with Crippen LogP contribution >= 0.6 is 0 Å². The number of aromatic nitrogens is 5. The minimum absolute atomic E-state index is 0.0243. The van der Waals surface area contributed by atoms with Crippen LogP contribution in [0.15, 0.2) is 18.2 Å². The summed E-state index contributed by atoms with van der Waals surface area (Å²) in [5, 5.41) is 22.6. The van der Waals surface area contributed by atoms with Gasteiger partial charge >= 0.3 is 6.03 Å². The Bertz CT molecular complexity index is 1230. The fourth-order valence-electron chi connectivity index (χ4n) is 3.45. The summed E-state index contributed by atoms with van der Waals surface area (Å²) in [5.41, 5.74) is 1.75. The molecule has 1 aromatic carbocycles. The number of benzene rings is 1. The highest BCUT2D eigenvalue weighted by molar-refractivity contribution is 6.00. The second kappa shape index (κ2) is 8.09. The topological polar surface area (TPSA) is 142 Å². The highest BCUT2D eigenvalue weighted by atomic mass is 19.1. The Kier molecular flexibility index (Phi) is 5.30. The molecule has 0 bridgehead atoms. The molecule has 1 aliphatic rings. The van der Waals surface area contributed by atoms with E-state index in [1.165, 1.54) is 32.3 Å². The first kappa shape index (κ1) is 21.0. The van der Waals surface area contributed by atoms with Crippen LogP contribution in [-0.2, 0) is 6.54 Å². The summed E-state index contributed by atoms with van der Waals surface area (Å²) in [6.07, 6.45) is 0. The zero-order valence-electron chi connectivity index (χ0n) is 17.8. The van der Waals surface area contributed by atoms with Crippen LogP contribution in [0.1, 0.15) is 22.1 Å². The van der Waals surface area contributed by atoms with E-state index in [1.54, 1.807) is 11.6 Å². The number of anilines is 4. The normalized spacial score (nSPS) is 12.0. The number of aryl methyl sites for hydroxylation is 1. The summed E-state index contributed by atoms with van der Waals surface area (Å²) in [6.45, 7) is 2.22. The highest BCUT2D eigenvalue weighted by Crippen LogP contribution is 2.39. The fraction of sp³-hybridized carbons (Fsp3) is 0.263. The van der Waals surface area contributed by atoms with Crippen molar-refractivity contribution in [1.29, 1.82) is 0 Å². The van der Waals surface area contributed by atoms with Gasteiger partial charge in [-0.15, -0.1) is 10.2 Å². The number of carbonyl (C=O) groups excluding carboxylic acids is 2. The summed E-state index contributed by atoms with van der Waals surface area (Å²) in [4.78, 5) is 30.3. The number of urea groups is 1. The maximum Gasteiger partial charge on any atom is 0.320 e. The number of carbonyl (C=O) groups is 2. The molecule has 0 atom stereocenters. The third-order valence-electron chi connectivity index (χ3n) is 4.80. The molecular formula is C19H21FN10O2. The van der Waals surface area contributed by atoms with Gasteiger partial charge in [-0.3, -0.25) is 10.1 Å². The van der Waals surface area contributed by atoms with Crippen molar-refractivity contribution in [1.82, 2.24) is 35.6 Å². The largest absolute Gasteiger partial charge is 0.364 e. The summed E-state index contributed by atoms with van der Waals surface area (Å²) >= 11 is 0. The van der Waals surface area contributed by atoms with Gasteiger partial charge in [0.05, 0.1) is 29.3 Å². The van der Waals surface area contributed by atoms with Crippen molar-refractivity contribution in [2.45, 2.75) is 13.5 Å². The van der Waals surface area contributed by atoms with Crippen LogP contribution in [-0.4, -0.2) is 58.0 Å². The van der Waals surface area contributed by atoms with Gasteiger partial charge in [0.25, 0.3) is 5.91 Å². The van der Waals surface area contributed by atoms with Crippen LogP contribution in [0.3, 0.4) is 0 Å². The third-order valence-corrected chi connectivity index (χ3v) is 4.80. The lowest BCUT2D eigenvalue weighted by atomic mass is 10.1. The SMILES string of the molecule is CNC(=O)Nc1cc(Nc2cc(F)cc3c2N(C)Cc2nc(C)nn2-3)c(C(=O)NC)nn1. The maximum absolute atomic E-state index is 14.6. The van der Waals surface area contributed by atoms with Crippen LogP contribution in [0.5, 0.6) is 0 Å². The van der Waals surface area contributed by atoms with Crippen molar-refractivity contribution in [3.05, 3.63) is 41.4 Å². The highest BCUT2D eigenvalue weighted by Gasteiger charge is 2.27. The minimum atomic E-state index is -0.507. The van der Waals surface area contributed by atoms with Crippen LogP contribution < -0.4 is 26.2 Å². The zero-order valence-corrected chi connectivity index (χ0v) is 17.8. The zero-order chi connectivity index (χ0) is 23.0. The summed E-state index contributed by atoms with van der Waals surface area (Å²) in [6, 6.07) is 3.62. The Labute approximate surface area is 182 Å². The maximum atomic E-state index is 14.6. The quantitative estimate of drug-likeness (QED) is 0.476. The van der Waals surface area contributed by atoms with Gasteiger partial charge < -0.3 is 20.9 Å². The van der Waals surface area contributed by atoms with Gasteiger partial charge in [0.1, 0.15) is 11.6 Å². The molecule has 3 heterocycles. The van der Waals surface area contributed by atoms with Crippen molar-refractivity contribution in [2.75, 3.05) is 36.7 Å². The molecule has 4 rings (SSSR count). The molecule has 0 fully saturated rings. The molecule has 1 aliphatic heterocycles. The number of amides is 3. The third kappa shape index (κ3) is 3.75. The first-order chi connectivity index (χ1) is 15.3. The summed E-state index contributed by atoms with van der Waals surface area (Å²) < 4.78 is 16.2. The van der Waals surface area contributed by atoms with Crippen LogP contribution in [0.2, 0.25) is 0 Å². The second-order valence-corrected chi connectivity index (χ2v) is 7.06. The summed E-state index contributed by atoms with van der Waals surface area (Å²) in [7, 11) is 4.76. The Morgan fingerprint density at radius 3 is 2.59 bits per heavy atom. The molecule has 2 aromatic heterocycles. The molecular weight excluding hydrogens is 419 g/mol. The Balaban J connectivity index is 1.83. The van der Waals surface area contributed by atoms with E-state index in [0.717, 1.165) is 0 Å². The Morgan fingerprint density at radius 1 is 1.09 bits per heavy atom. The number of hydrogen-bond donors (Lipinski definition) is 4. The Hall–Kier alpha value is -4.29. The van der Waals surface area contributed by atoms with Gasteiger partial charge in [0, 0.05) is 33.3 Å². The van der Waals surface area contributed by atoms with E-state index in [1.807, 2.05) is 11.9 Å². The predicted molar refractivity (Wildman–Crippen MR) is 115 cm³/mol. The lowest BCUT2D eigenvalue weighted by molar-refractivity contribution is 0.0958. The molecule has 13 heteroatoms. The fourth-order valence-corrected chi connectivity index (χ4v) is 3.45. The van der Waals surface area contributed by atoms with Crippen LogP contribution in [0.25, 0.3) is 5.69 Å². The lowest BCUT2D eigenvalue weighted by Crippen LogP contribution is -2.28. The molecule has 3 aromatic rings. The van der Waals surface area contributed by atoms with Gasteiger partial charge in [-0.1, -0.05) is 0 Å². The first-order valence-corrected chi connectivity index (χ1v) is 9.64. The van der Waals surface area contributed by atoms with Crippen LogP contribution in [0.4, 0.5) is 32.1 Å². The van der Waals surface area contributed by atoms with Crippen molar-refractivity contribution in [3.63, 3.8) is 0 Å². The summed E-state index contributed by atoms with van der Waals surface area (Å²) in [5.74, 6) is 0.354. The predicted octanol–water partition coefficient (Wildman–Crippen LogP) is 1.31. The average molecular weight is 440 g/mol. The standard InChI is InChI=1S/C19H21FN10O2/c1-9-23-15-8-29(4)17-12(5-10(20)6-13(17)30(15)28-9)24-11-7-14(25-19(32)22-3)26-27-16(11)18(31)21-2/h5-7H,8H2,1-4H3,(H,21,31)(H3,22,24,25,26,32). The number of rotatable bonds is 4. The van der Waals surface area contributed by atoms with Crippen LogP contribution in [0, 0.1) is 12.7 Å². The molecule has 32 heavy (non-hydrogen) atoms. The minimum Gasteiger partial charge on any atom is -0.364 e. The molecule has 12 nitrogen and oxygen atoms in total. The lowest BCUT2D eigenvalue weighted by Gasteiger charge is -2.30. The second-order valence-electron chi connectivity index (χ2n) is 7.06. The van der Waals surface area contributed by atoms with E-state index in [9.17, 15) is 14.0 Å². The number of nitrogens with one attached hydrogen (secondary N) is 4. The van der Waals surface area contributed by atoms with Gasteiger partial charge in [-0.25, -0.2) is 18.9 Å². The molecule has 0 spiro atoms. The van der Waals surface area contributed by atoms with E-state index in [4.69, 9.17) is 0 Å². The number of hydrogen-bond acceptors (Lipinski definition) is 8. The van der Waals surface area contributed by atoms with Crippen molar-refractivity contribution in [2.24, 2.45) is 0 Å². The van der Waals surface area contributed by atoms with Gasteiger partial charge in [-0.2, -0.15) is 5.10 Å². The van der Waals surface area contributed by atoms with E-state index in [-0.39, 0.29) is 17.2 Å². The molecule has 4 N–H and O–H groups in total. The number of halogens is 1. The van der Waals surface area contributed by atoms with Gasteiger partial charge in [0.15, 0.2) is 17.3 Å². The molecule has 0 aliphatic carbocycles. The molecule has 0 saturated carbocycles. The Morgan fingerprint density at radius 2 is 1.88 bits per heavy atom. The molecule has 3 amide bonds. The number of nitrogens with zero attached hydrogens (tertiary/aromatic N) is 6. The first-order valence-electron chi connectivity index (χ1n) is 9.64. The van der Waals surface area contributed by atoms with E-state index in [0.29, 0.717) is 35.3 Å². The molecule has 0 saturated heterocycles. The van der Waals surface area contributed by atoms with E-state index < -0.39 is 17.8 Å². The number of fused-ring (bicyclic) bond motifs is 3. The smallest absolute Gasteiger partial charge is 0.320 e. The van der Waals surface area contributed by atoms with Gasteiger partial charge in [-0.05, 0) is 13.0 Å². The average Bonchev–Trinajstić information content (AvgIpc) is 3.13. The van der Waals surface area contributed by atoms with Gasteiger partial charge in [0.2, 0.25) is 0 Å². The van der Waals surface area contributed by atoms with Crippen molar-refractivity contribution >= 4 is 34.8 Å². The van der Waals surface area contributed by atoms with E-state index >= 15 is 0 Å². The molecule has 0 radical (unpaired) electrons. The van der Waals surface area contributed by atoms with Crippen molar-refractivity contribution in [3.8, 4) is 5.69 Å². The molecule has 0 unspecified atom stereocenters. The monoisotopic (exact) mass is 440 g/mol.